The Bertz CT molecular complexity index is 248. The number of aliphatic hydroxyl groups excluding tert-OH is 1. The molecule has 0 aliphatic rings. The summed E-state index contributed by atoms with van der Waals surface area (Å²) in [7, 11) is 0. The van der Waals surface area contributed by atoms with Crippen molar-refractivity contribution in [2.75, 3.05) is 6.61 Å². The standard InChI is InChI=1S/C9H11FO2/c1-7(11)6-12-9-4-2-3-8(10)5-9/h2-5,7,11H,6H2,1H3/t7-/m1/s1. The highest BCUT2D eigenvalue weighted by molar-refractivity contribution is 5.22. The van der Waals surface area contributed by atoms with E-state index in [-0.39, 0.29) is 12.4 Å². The van der Waals surface area contributed by atoms with Gasteiger partial charge >= 0.3 is 0 Å². The maximum absolute atomic E-state index is 12.5. The molecule has 1 aromatic rings. The second-order valence-corrected chi connectivity index (χ2v) is 2.62. The van der Waals surface area contributed by atoms with Crippen LogP contribution in [0, 0.1) is 5.82 Å². The number of aliphatic hydroxyl groups is 1. The molecule has 1 rings (SSSR count). The second kappa shape index (κ2) is 4.07. The highest BCUT2D eigenvalue weighted by Crippen LogP contribution is 2.11. The van der Waals surface area contributed by atoms with Crippen LogP contribution in [0.5, 0.6) is 5.75 Å². The Morgan fingerprint density at radius 1 is 1.58 bits per heavy atom. The molecule has 1 aromatic carbocycles. The topological polar surface area (TPSA) is 29.5 Å². The van der Waals surface area contributed by atoms with Crippen LogP contribution in [0.4, 0.5) is 4.39 Å². The molecule has 0 saturated carbocycles. The largest absolute Gasteiger partial charge is 0.491 e. The number of benzene rings is 1. The van der Waals surface area contributed by atoms with Crippen LogP contribution < -0.4 is 4.74 Å². The van der Waals surface area contributed by atoms with Crippen LogP contribution in [0.15, 0.2) is 24.3 Å². The molecule has 1 N–H and O–H groups in total. The molecule has 66 valence electrons. The lowest BCUT2D eigenvalue weighted by atomic mass is 10.3. The Morgan fingerprint density at radius 3 is 2.92 bits per heavy atom. The molecule has 0 radical (unpaired) electrons. The van der Waals surface area contributed by atoms with Crippen LogP contribution in [0.1, 0.15) is 6.92 Å². The van der Waals surface area contributed by atoms with E-state index in [1.165, 1.54) is 12.1 Å². The van der Waals surface area contributed by atoms with E-state index < -0.39 is 6.10 Å². The summed E-state index contributed by atoms with van der Waals surface area (Å²) in [6.45, 7) is 1.79. The Balaban J connectivity index is 2.52. The van der Waals surface area contributed by atoms with Crippen LogP contribution in [0.25, 0.3) is 0 Å². The first-order valence-electron chi connectivity index (χ1n) is 3.75. The number of rotatable bonds is 3. The monoisotopic (exact) mass is 170 g/mol. The highest BCUT2D eigenvalue weighted by Gasteiger charge is 1.98. The second-order valence-electron chi connectivity index (χ2n) is 2.62. The molecule has 1 atom stereocenters. The van der Waals surface area contributed by atoms with Gasteiger partial charge in [0.15, 0.2) is 0 Å². The first-order chi connectivity index (χ1) is 5.68. The van der Waals surface area contributed by atoms with E-state index >= 15 is 0 Å². The van der Waals surface area contributed by atoms with Gasteiger partial charge in [0.25, 0.3) is 0 Å². The Labute approximate surface area is 70.6 Å². The van der Waals surface area contributed by atoms with Crippen molar-refractivity contribution in [3.05, 3.63) is 30.1 Å². The molecular weight excluding hydrogens is 159 g/mol. The van der Waals surface area contributed by atoms with Gasteiger partial charge in [-0.2, -0.15) is 0 Å². The first-order valence-corrected chi connectivity index (χ1v) is 3.75. The van der Waals surface area contributed by atoms with E-state index in [4.69, 9.17) is 9.84 Å². The van der Waals surface area contributed by atoms with Crippen LogP contribution >= 0.6 is 0 Å². The van der Waals surface area contributed by atoms with Crippen molar-refractivity contribution >= 4 is 0 Å². The van der Waals surface area contributed by atoms with Gasteiger partial charge in [-0.1, -0.05) is 6.07 Å². The summed E-state index contributed by atoms with van der Waals surface area (Å²) < 4.78 is 17.6. The van der Waals surface area contributed by atoms with E-state index in [9.17, 15) is 4.39 Å². The predicted octanol–water partition coefficient (Wildman–Crippen LogP) is 1.59. The zero-order valence-corrected chi connectivity index (χ0v) is 6.83. The molecule has 0 spiro atoms. The van der Waals surface area contributed by atoms with E-state index in [0.717, 1.165) is 0 Å². The van der Waals surface area contributed by atoms with Crippen molar-refractivity contribution in [3.63, 3.8) is 0 Å². The van der Waals surface area contributed by atoms with Gasteiger partial charge in [0.1, 0.15) is 18.2 Å². The fourth-order valence-electron chi connectivity index (χ4n) is 0.774. The molecule has 0 unspecified atom stereocenters. The molecule has 2 nitrogen and oxygen atoms in total. The Kier molecular flexibility index (Phi) is 3.05. The highest BCUT2D eigenvalue weighted by atomic mass is 19.1. The molecule has 0 aliphatic carbocycles. The molecule has 0 bridgehead atoms. The lowest BCUT2D eigenvalue weighted by Crippen LogP contribution is -2.12. The SMILES string of the molecule is C[C@@H](O)COc1cccc(F)c1. The third-order valence-corrected chi connectivity index (χ3v) is 1.29. The number of hydrogen-bond donors (Lipinski definition) is 1. The van der Waals surface area contributed by atoms with Crippen molar-refractivity contribution in [2.24, 2.45) is 0 Å². The van der Waals surface area contributed by atoms with Crippen LogP contribution in [-0.2, 0) is 0 Å². The van der Waals surface area contributed by atoms with Gasteiger partial charge in [0, 0.05) is 6.07 Å². The summed E-state index contributed by atoms with van der Waals surface area (Å²) in [6, 6.07) is 5.83. The fraction of sp³-hybridized carbons (Fsp3) is 0.333. The van der Waals surface area contributed by atoms with E-state index in [0.29, 0.717) is 5.75 Å². The number of hydrogen-bond acceptors (Lipinski definition) is 2. The van der Waals surface area contributed by atoms with Gasteiger partial charge < -0.3 is 9.84 Å². The van der Waals surface area contributed by atoms with E-state index in [2.05, 4.69) is 0 Å². The lowest BCUT2D eigenvalue weighted by molar-refractivity contribution is 0.122. The van der Waals surface area contributed by atoms with Gasteiger partial charge in [-0.3, -0.25) is 0 Å². The van der Waals surface area contributed by atoms with E-state index in [1.807, 2.05) is 0 Å². The molecule has 0 amide bonds. The summed E-state index contributed by atoms with van der Waals surface area (Å²) in [5, 5.41) is 8.86. The van der Waals surface area contributed by atoms with Crippen molar-refractivity contribution in [1.29, 1.82) is 0 Å². The minimum absolute atomic E-state index is 0.184. The van der Waals surface area contributed by atoms with Crippen molar-refractivity contribution in [3.8, 4) is 5.75 Å². The van der Waals surface area contributed by atoms with Gasteiger partial charge in [0.2, 0.25) is 0 Å². The molecule has 12 heavy (non-hydrogen) atoms. The molecular formula is C9H11FO2. The van der Waals surface area contributed by atoms with Gasteiger partial charge in [0.05, 0.1) is 6.10 Å². The van der Waals surface area contributed by atoms with Gasteiger partial charge in [-0.15, -0.1) is 0 Å². The average molecular weight is 170 g/mol. The third kappa shape index (κ3) is 2.88. The minimum Gasteiger partial charge on any atom is -0.491 e. The molecule has 0 aliphatic heterocycles. The fourth-order valence-corrected chi connectivity index (χ4v) is 0.774. The smallest absolute Gasteiger partial charge is 0.126 e. The Hall–Kier alpha value is -1.09. The summed E-state index contributed by atoms with van der Waals surface area (Å²) in [5.41, 5.74) is 0. The lowest BCUT2D eigenvalue weighted by Gasteiger charge is -2.07. The predicted molar refractivity (Wildman–Crippen MR) is 43.6 cm³/mol. The molecule has 0 saturated heterocycles. The van der Waals surface area contributed by atoms with Gasteiger partial charge in [-0.05, 0) is 19.1 Å². The quantitative estimate of drug-likeness (QED) is 0.746. The summed E-state index contributed by atoms with van der Waals surface area (Å²) >= 11 is 0. The zero-order chi connectivity index (χ0) is 8.97. The van der Waals surface area contributed by atoms with Crippen LogP contribution in [-0.4, -0.2) is 17.8 Å². The van der Waals surface area contributed by atoms with E-state index in [1.54, 1.807) is 19.1 Å². The van der Waals surface area contributed by atoms with Crippen molar-refractivity contribution < 1.29 is 14.2 Å². The maximum Gasteiger partial charge on any atom is 0.126 e. The van der Waals surface area contributed by atoms with Gasteiger partial charge in [-0.25, -0.2) is 4.39 Å². The van der Waals surface area contributed by atoms with Crippen molar-refractivity contribution in [2.45, 2.75) is 13.0 Å². The minimum atomic E-state index is -0.534. The van der Waals surface area contributed by atoms with Crippen LogP contribution in [0.2, 0.25) is 0 Å². The average Bonchev–Trinajstić information content (AvgIpc) is 2.01. The normalized spacial score (nSPS) is 12.6. The van der Waals surface area contributed by atoms with Crippen molar-refractivity contribution in [1.82, 2.24) is 0 Å². The third-order valence-electron chi connectivity index (χ3n) is 1.29. The summed E-state index contributed by atoms with van der Waals surface area (Å²) in [4.78, 5) is 0. The first kappa shape index (κ1) is 9.00. The molecule has 0 aromatic heterocycles. The number of ether oxygens (including phenoxy) is 1. The summed E-state index contributed by atoms with van der Waals surface area (Å²) in [6.07, 6.45) is -0.534. The Morgan fingerprint density at radius 2 is 2.33 bits per heavy atom. The molecule has 0 heterocycles. The molecule has 0 fully saturated rings. The molecule has 3 heteroatoms. The number of halogens is 1. The zero-order valence-electron chi connectivity index (χ0n) is 6.83. The maximum atomic E-state index is 12.5. The summed E-state index contributed by atoms with van der Waals surface area (Å²) in [5.74, 6) is 0.106. The van der Waals surface area contributed by atoms with Crippen LogP contribution in [0.3, 0.4) is 0 Å².